The van der Waals surface area contributed by atoms with Crippen molar-refractivity contribution in [2.75, 3.05) is 36.5 Å². The van der Waals surface area contributed by atoms with Crippen LogP contribution < -0.4 is 15.5 Å². The number of aromatic nitrogens is 2. The summed E-state index contributed by atoms with van der Waals surface area (Å²) in [4.78, 5) is 23.2. The molecule has 7 heteroatoms. The Morgan fingerprint density at radius 2 is 1.83 bits per heavy atom. The molecule has 148 valence electrons. The van der Waals surface area contributed by atoms with Gasteiger partial charge >= 0.3 is 0 Å². The van der Waals surface area contributed by atoms with Gasteiger partial charge < -0.3 is 20.3 Å². The maximum absolute atomic E-state index is 12.5. The van der Waals surface area contributed by atoms with Gasteiger partial charge in [0, 0.05) is 31.2 Å². The lowest BCUT2D eigenvalue weighted by Gasteiger charge is -2.30. The van der Waals surface area contributed by atoms with Gasteiger partial charge in [0.05, 0.1) is 36.8 Å². The number of benzene rings is 1. The smallest absolute Gasteiger partial charge is 0.270 e. The Balaban J connectivity index is 1.46. The van der Waals surface area contributed by atoms with Gasteiger partial charge in [-0.05, 0) is 36.4 Å². The number of anilines is 3. The molecule has 1 saturated heterocycles. The van der Waals surface area contributed by atoms with Crippen LogP contribution in [0.5, 0.6) is 0 Å². The first kappa shape index (κ1) is 18.9. The van der Waals surface area contributed by atoms with Crippen molar-refractivity contribution in [2.45, 2.75) is 6.54 Å². The molecule has 1 aliphatic rings. The van der Waals surface area contributed by atoms with E-state index < -0.39 is 0 Å². The Bertz CT molecular complexity index is 958. The number of hydrogen-bond donors (Lipinski definition) is 2. The Kier molecular flexibility index (Phi) is 5.97. The first-order chi connectivity index (χ1) is 14.3. The zero-order chi connectivity index (χ0) is 19.9. The zero-order valence-electron chi connectivity index (χ0n) is 16.0. The van der Waals surface area contributed by atoms with Crippen LogP contribution in [0, 0.1) is 0 Å². The molecular weight excluding hydrogens is 366 g/mol. The summed E-state index contributed by atoms with van der Waals surface area (Å²) in [6.45, 7) is 3.53. The molecule has 3 aromatic rings. The summed E-state index contributed by atoms with van der Waals surface area (Å²) in [5, 5.41) is 6.28. The van der Waals surface area contributed by atoms with Gasteiger partial charge in [-0.2, -0.15) is 0 Å². The number of amides is 1. The average molecular weight is 389 g/mol. The van der Waals surface area contributed by atoms with Crippen LogP contribution in [-0.2, 0) is 11.3 Å². The Morgan fingerprint density at radius 3 is 2.66 bits per heavy atom. The van der Waals surface area contributed by atoms with Crippen molar-refractivity contribution in [3.63, 3.8) is 0 Å². The van der Waals surface area contributed by atoms with Crippen LogP contribution in [0.3, 0.4) is 0 Å². The van der Waals surface area contributed by atoms with Gasteiger partial charge in [-0.15, -0.1) is 0 Å². The molecule has 0 radical (unpaired) electrons. The molecule has 1 aliphatic heterocycles. The summed E-state index contributed by atoms with van der Waals surface area (Å²) in [6, 6.07) is 17.4. The van der Waals surface area contributed by atoms with Crippen molar-refractivity contribution in [1.29, 1.82) is 0 Å². The van der Waals surface area contributed by atoms with Crippen LogP contribution in [0.4, 0.5) is 17.1 Å². The molecule has 2 N–H and O–H groups in total. The molecule has 1 aromatic carbocycles. The number of carbonyl (C=O) groups is 1. The van der Waals surface area contributed by atoms with E-state index in [4.69, 9.17) is 4.74 Å². The van der Waals surface area contributed by atoms with Crippen molar-refractivity contribution in [3.05, 3.63) is 78.4 Å². The van der Waals surface area contributed by atoms with E-state index in [1.807, 2.05) is 42.5 Å². The molecule has 0 saturated carbocycles. The van der Waals surface area contributed by atoms with Crippen LogP contribution in [0.25, 0.3) is 0 Å². The molecule has 2 aromatic heterocycles. The molecule has 29 heavy (non-hydrogen) atoms. The van der Waals surface area contributed by atoms with Gasteiger partial charge in [-0.25, -0.2) is 0 Å². The molecule has 0 bridgehead atoms. The largest absolute Gasteiger partial charge is 0.378 e. The number of pyridine rings is 2. The number of morpholine rings is 1. The van der Waals surface area contributed by atoms with Crippen LogP contribution in [0.15, 0.2) is 67.0 Å². The molecule has 0 unspecified atom stereocenters. The SMILES string of the molecule is O=C(NCc1ccccn1)c1cc(Nc2ccccc2N2CCOCC2)ccn1. The number of nitrogens with one attached hydrogen (secondary N) is 2. The lowest BCUT2D eigenvalue weighted by Crippen LogP contribution is -2.36. The van der Waals surface area contributed by atoms with Gasteiger partial charge in [0.2, 0.25) is 0 Å². The molecule has 0 atom stereocenters. The van der Waals surface area contributed by atoms with E-state index in [1.165, 1.54) is 0 Å². The van der Waals surface area contributed by atoms with Crippen LogP contribution in [0.2, 0.25) is 0 Å². The number of nitrogens with zero attached hydrogens (tertiary/aromatic N) is 3. The van der Waals surface area contributed by atoms with Crippen LogP contribution in [-0.4, -0.2) is 42.2 Å². The second-order valence-electron chi connectivity index (χ2n) is 6.68. The fourth-order valence-corrected chi connectivity index (χ4v) is 3.21. The normalized spacial score (nSPS) is 13.7. The standard InChI is InChI=1S/C22H23N5O2/c28-22(25-16-18-5-3-4-9-23-18)20-15-17(8-10-24-20)26-19-6-1-2-7-21(19)27-11-13-29-14-12-27/h1-10,15H,11-14,16H2,(H,24,26)(H,25,28). The first-order valence-corrected chi connectivity index (χ1v) is 9.62. The minimum Gasteiger partial charge on any atom is -0.378 e. The number of ether oxygens (including phenoxy) is 1. The van der Waals surface area contributed by atoms with Crippen molar-refractivity contribution in [1.82, 2.24) is 15.3 Å². The van der Waals surface area contributed by atoms with Crippen LogP contribution in [0.1, 0.15) is 16.2 Å². The summed E-state index contributed by atoms with van der Waals surface area (Å²) in [5.74, 6) is -0.235. The van der Waals surface area contributed by atoms with Gasteiger partial charge in [0.25, 0.3) is 5.91 Å². The van der Waals surface area contributed by atoms with E-state index in [2.05, 4.69) is 31.6 Å². The number of para-hydroxylation sites is 2. The second kappa shape index (κ2) is 9.16. The highest BCUT2D eigenvalue weighted by Gasteiger charge is 2.15. The predicted octanol–water partition coefficient (Wildman–Crippen LogP) is 2.99. The quantitative estimate of drug-likeness (QED) is 0.675. The molecule has 0 spiro atoms. The Hall–Kier alpha value is -3.45. The fraction of sp³-hybridized carbons (Fsp3) is 0.227. The summed E-state index contributed by atoms with van der Waals surface area (Å²) < 4.78 is 5.46. The van der Waals surface area contributed by atoms with Crippen molar-refractivity contribution in [3.8, 4) is 0 Å². The third kappa shape index (κ3) is 4.89. The van der Waals surface area contributed by atoms with E-state index in [0.29, 0.717) is 12.2 Å². The third-order valence-corrected chi connectivity index (χ3v) is 4.68. The zero-order valence-corrected chi connectivity index (χ0v) is 16.0. The molecule has 7 nitrogen and oxygen atoms in total. The topological polar surface area (TPSA) is 79.4 Å². The summed E-state index contributed by atoms with van der Waals surface area (Å²) in [5.41, 5.74) is 4.07. The minimum absolute atomic E-state index is 0.235. The second-order valence-corrected chi connectivity index (χ2v) is 6.68. The lowest BCUT2D eigenvalue weighted by atomic mass is 10.2. The summed E-state index contributed by atoms with van der Waals surface area (Å²) in [6.07, 6.45) is 3.34. The molecule has 1 fully saturated rings. The number of rotatable bonds is 6. The Labute approximate surface area is 169 Å². The van der Waals surface area contributed by atoms with E-state index in [0.717, 1.165) is 49.1 Å². The maximum atomic E-state index is 12.5. The molecule has 3 heterocycles. The highest BCUT2D eigenvalue weighted by Crippen LogP contribution is 2.29. The van der Waals surface area contributed by atoms with Crippen molar-refractivity contribution < 1.29 is 9.53 Å². The maximum Gasteiger partial charge on any atom is 0.270 e. The third-order valence-electron chi connectivity index (χ3n) is 4.68. The van der Waals surface area contributed by atoms with Crippen molar-refractivity contribution >= 4 is 23.0 Å². The van der Waals surface area contributed by atoms with Gasteiger partial charge in [-0.1, -0.05) is 18.2 Å². The predicted molar refractivity (Wildman–Crippen MR) is 112 cm³/mol. The lowest BCUT2D eigenvalue weighted by molar-refractivity contribution is 0.0945. The highest BCUT2D eigenvalue weighted by atomic mass is 16.5. The number of hydrogen-bond acceptors (Lipinski definition) is 6. The summed E-state index contributed by atoms with van der Waals surface area (Å²) >= 11 is 0. The van der Waals surface area contributed by atoms with E-state index in [-0.39, 0.29) is 5.91 Å². The molecular formula is C22H23N5O2. The average Bonchev–Trinajstić information content (AvgIpc) is 2.79. The van der Waals surface area contributed by atoms with E-state index in [9.17, 15) is 4.79 Å². The van der Waals surface area contributed by atoms with Crippen molar-refractivity contribution in [2.24, 2.45) is 0 Å². The monoisotopic (exact) mass is 389 g/mol. The first-order valence-electron chi connectivity index (χ1n) is 9.62. The number of carbonyl (C=O) groups excluding carboxylic acids is 1. The van der Waals surface area contributed by atoms with Gasteiger partial charge in [0.15, 0.2) is 0 Å². The summed E-state index contributed by atoms with van der Waals surface area (Å²) in [7, 11) is 0. The minimum atomic E-state index is -0.235. The molecule has 1 amide bonds. The van der Waals surface area contributed by atoms with E-state index in [1.54, 1.807) is 18.5 Å². The molecule has 4 rings (SSSR count). The van der Waals surface area contributed by atoms with Gasteiger partial charge in [0.1, 0.15) is 5.69 Å². The van der Waals surface area contributed by atoms with E-state index >= 15 is 0 Å². The van der Waals surface area contributed by atoms with Crippen LogP contribution >= 0.6 is 0 Å². The molecule has 0 aliphatic carbocycles. The van der Waals surface area contributed by atoms with Gasteiger partial charge in [-0.3, -0.25) is 14.8 Å². The Morgan fingerprint density at radius 1 is 1.00 bits per heavy atom. The fourth-order valence-electron chi connectivity index (χ4n) is 3.21. The highest BCUT2D eigenvalue weighted by molar-refractivity contribution is 5.93.